The Balaban J connectivity index is 2.10. The fraction of sp³-hybridized carbons (Fsp3) is 0.250. The van der Waals surface area contributed by atoms with Crippen LogP contribution in [0.25, 0.3) is 5.69 Å². The lowest BCUT2D eigenvalue weighted by molar-refractivity contribution is 0.657. The van der Waals surface area contributed by atoms with Gasteiger partial charge in [0.15, 0.2) is 0 Å². The zero-order chi connectivity index (χ0) is 11.2. The summed E-state index contributed by atoms with van der Waals surface area (Å²) in [5, 5.41) is 4.35. The van der Waals surface area contributed by atoms with Crippen LogP contribution in [0.2, 0.25) is 0 Å². The summed E-state index contributed by atoms with van der Waals surface area (Å²) >= 11 is 3.47. The second-order valence-electron chi connectivity index (χ2n) is 4.26. The molecule has 2 aromatic rings. The molecule has 1 saturated carbocycles. The van der Waals surface area contributed by atoms with Crippen LogP contribution in [0, 0.1) is 0 Å². The monoisotopic (exact) mass is 277 g/mol. The van der Waals surface area contributed by atoms with E-state index in [2.05, 4.69) is 21.0 Å². The highest BCUT2D eigenvalue weighted by molar-refractivity contribution is 9.10. The summed E-state index contributed by atoms with van der Waals surface area (Å²) in [7, 11) is 0. The van der Waals surface area contributed by atoms with Crippen molar-refractivity contribution in [2.75, 3.05) is 0 Å². The van der Waals surface area contributed by atoms with Crippen molar-refractivity contribution < 1.29 is 0 Å². The van der Waals surface area contributed by atoms with E-state index in [1.54, 1.807) is 0 Å². The number of hydrogen-bond acceptors (Lipinski definition) is 2. The van der Waals surface area contributed by atoms with E-state index in [-0.39, 0.29) is 5.54 Å². The van der Waals surface area contributed by atoms with Crippen molar-refractivity contribution >= 4 is 15.9 Å². The fourth-order valence-electron chi connectivity index (χ4n) is 1.88. The zero-order valence-electron chi connectivity index (χ0n) is 8.73. The Bertz CT molecular complexity index is 529. The van der Waals surface area contributed by atoms with E-state index in [0.717, 1.165) is 28.7 Å². The summed E-state index contributed by atoms with van der Waals surface area (Å²) < 4.78 is 2.98. The van der Waals surface area contributed by atoms with Gasteiger partial charge in [-0.15, -0.1) is 0 Å². The number of hydrogen-bond donors (Lipinski definition) is 1. The molecule has 1 aliphatic rings. The van der Waals surface area contributed by atoms with Crippen LogP contribution >= 0.6 is 15.9 Å². The van der Waals surface area contributed by atoms with Crippen molar-refractivity contribution in [3.63, 3.8) is 0 Å². The minimum atomic E-state index is -0.154. The predicted octanol–water partition coefficient (Wildman–Crippen LogP) is 2.58. The van der Waals surface area contributed by atoms with Gasteiger partial charge in [-0.05, 0) is 37.1 Å². The molecule has 1 aromatic heterocycles. The highest BCUT2D eigenvalue weighted by Crippen LogP contribution is 2.43. The number of rotatable bonds is 2. The number of nitrogens with zero attached hydrogens (tertiary/aromatic N) is 2. The molecule has 0 atom stereocenters. The second kappa shape index (κ2) is 3.43. The predicted molar refractivity (Wildman–Crippen MR) is 66.4 cm³/mol. The normalized spacial score (nSPS) is 17.4. The van der Waals surface area contributed by atoms with E-state index >= 15 is 0 Å². The molecule has 0 saturated heterocycles. The summed E-state index contributed by atoms with van der Waals surface area (Å²) in [4.78, 5) is 0. The van der Waals surface area contributed by atoms with Crippen LogP contribution in [0.5, 0.6) is 0 Å². The van der Waals surface area contributed by atoms with Gasteiger partial charge in [0.25, 0.3) is 0 Å². The molecule has 3 nitrogen and oxygen atoms in total. The first-order valence-electron chi connectivity index (χ1n) is 5.28. The van der Waals surface area contributed by atoms with Crippen molar-refractivity contribution in [2.45, 2.75) is 18.4 Å². The zero-order valence-corrected chi connectivity index (χ0v) is 10.3. The molecule has 1 aromatic carbocycles. The Morgan fingerprint density at radius 2 is 2.12 bits per heavy atom. The van der Waals surface area contributed by atoms with Crippen LogP contribution in [0.1, 0.15) is 18.5 Å². The first kappa shape index (κ1) is 10.1. The maximum absolute atomic E-state index is 6.22. The maximum Gasteiger partial charge on any atom is 0.0660 e. The Morgan fingerprint density at radius 1 is 1.31 bits per heavy atom. The largest absolute Gasteiger partial charge is 0.320 e. The van der Waals surface area contributed by atoms with Crippen LogP contribution in [0.15, 0.2) is 41.0 Å². The third kappa shape index (κ3) is 1.58. The molecule has 0 unspecified atom stereocenters. The summed E-state index contributed by atoms with van der Waals surface area (Å²) in [6.07, 6.45) is 3.91. The molecule has 0 aliphatic heterocycles. The van der Waals surface area contributed by atoms with Gasteiger partial charge in [0, 0.05) is 10.7 Å². The summed E-state index contributed by atoms with van der Waals surface area (Å²) in [5.41, 5.74) is 8.21. The molecular weight excluding hydrogens is 266 g/mol. The van der Waals surface area contributed by atoms with Gasteiger partial charge in [0.05, 0.1) is 16.9 Å². The lowest BCUT2D eigenvalue weighted by atomic mass is 10.2. The van der Waals surface area contributed by atoms with Gasteiger partial charge in [-0.25, -0.2) is 4.68 Å². The second-order valence-corrected chi connectivity index (χ2v) is 5.18. The van der Waals surface area contributed by atoms with Crippen molar-refractivity contribution in [1.29, 1.82) is 0 Å². The van der Waals surface area contributed by atoms with Gasteiger partial charge < -0.3 is 5.73 Å². The third-order valence-corrected chi connectivity index (χ3v) is 3.49. The third-order valence-electron chi connectivity index (χ3n) is 2.99. The van der Waals surface area contributed by atoms with Crippen LogP contribution in [0.4, 0.5) is 0 Å². The first-order valence-corrected chi connectivity index (χ1v) is 6.08. The van der Waals surface area contributed by atoms with E-state index in [4.69, 9.17) is 5.73 Å². The van der Waals surface area contributed by atoms with Crippen LogP contribution in [0.3, 0.4) is 0 Å². The van der Waals surface area contributed by atoms with E-state index in [0.29, 0.717) is 0 Å². The minimum absolute atomic E-state index is 0.154. The van der Waals surface area contributed by atoms with Gasteiger partial charge in [-0.3, -0.25) is 0 Å². The van der Waals surface area contributed by atoms with Crippen LogP contribution in [-0.4, -0.2) is 9.78 Å². The quantitative estimate of drug-likeness (QED) is 0.917. The van der Waals surface area contributed by atoms with Crippen molar-refractivity contribution in [1.82, 2.24) is 9.78 Å². The summed E-state index contributed by atoms with van der Waals surface area (Å²) in [5.74, 6) is 0. The highest BCUT2D eigenvalue weighted by atomic mass is 79.9. The Hall–Kier alpha value is -1.13. The van der Waals surface area contributed by atoms with Crippen molar-refractivity contribution in [2.24, 2.45) is 5.73 Å². The molecule has 82 valence electrons. The van der Waals surface area contributed by atoms with Gasteiger partial charge in [-0.1, -0.05) is 22.0 Å². The molecule has 1 fully saturated rings. The lowest BCUT2D eigenvalue weighted by Gasteiger charge is -2.12. The van der Waals surface area contributed by atoms with E-state index in [1.807, 2.05) is 41.2 Å². The molecule has 0 spiro atoms. The fourth-order valence-corrected chi connectivity index (χ4v) is 2.27. The average Bonchev–Trinajstić information content (AvgIpc) is 2.83. The van der Waals surface area contributed by atoms with Crippen LogP contribution < -0.4 is 5.73 Å². The molecule has 0 radical (unpaired) electrons. The minimum Gasteiger partial charge on any atom is -0.320 e. The molecule has 1 aliphatic carbocycles. The molecule has 2 N–H and O–H groups in total. The molecule has 3 rings (SSSR count). The molecular formula is C12H12BrN3. The van der Waals surface area contributed by atoms with Gasteiger partial charge in [0.2, 0.25) is 0 Å². The van der Waals surface area contributed by atoms with Gasteiger partial charge in [-0.2, -0.15) is 5.10 Å². The topological polar surface area (TPSA) is 43.8 Å². The SMILES string of the molecule is NC1(c2ccnn2-c2cccc(Br)c2)CC1. The Kier molecular flexibility index (Phi) is 2.16. The van der Waals surface area contributed by atoms with E-state index < -0.39 is 0 Å². The van der Waals surface area contributed by atoms with Crippen molar-refractivity contribution in [3.8, 4) is 5.69 Å². The molecule has 0 bridgehead atoms. The molecule has 4 heteroatoms. The average molecular weight is 278 g/mol. The number of halogens is 1. The first-order chi connectivity index (χ1) is 7.69. The number of benzene rings is 1. The van der Waals surface area contributed by atoms with Crippen LogP contribution in [-0.2, 0) is 5.54 Å². The van der Waals surface area contributed by atoms with Gasteiger partial charge >= 0.3 is 0 Å². The Morgan fingerprint density at radius 3 is 2.81 bits per heavy atom. The number of nitrogens with two attached hydrogens (primary N) is 1. The van der Waals surface area contributed by atoms with Crippen molar-refractivity contribution in [3.05, 3.63) is 46.7 Å². The van der Waals surface area contributed by atoms with E-state index in [1.165, 1.54) is 0 Å². The molecule has 1 heterocycles. The lowest BCUT2D eigenvalue weighted by Crippen LogP contribution is -2.22. The molecule has 16 heavy (non-hydrogen) atoms. The smallest absolute Gasteiger partial charge is 0.0660 e. The standard InChI is InChI=1S/C12H12BrN3/c13-9-2-1-3-10(8-9)16-11(4-7-15-16)12(14)5-6-12/h1-4,7-8H,5-6,14H2. The van der Waals surface area contributed by atoms with E-state index in [9.17, 15) is 0 Å². The maximum atomic E-state index is 6.22. The Labute approximate surface area is 102 Å². The highest BCUT2D eigenvalue weighted by Gasteiger charge is 2.42. The number of aromatic nitrogens is 2. The summed E-state index contributed by atoms with van der Waals surface area (Å²) in [6.45, 7) is 0. The molecule has 0 amide bonds. The summed E-state index contributed by atoms with van der Waals surface area (Å²) in [6, 6.07) is 10.1. The van der Waals surface area contributed by atoms with Gasteiger partial charge in [0.1, 0.15) is 0 Å².